The molecule has 3 heterocycles. The smallest absolute Gasteiger partial charge is 0.316 e. The molecular formula is C15H13ClN4O2S2. The van der Waals surface area contributed by atoms with Gasteiger partial charge in [0.2, 0.25) is 5.95 Å². The monoisotopic (exact) mass is 380 g/mol. The van der Waals surface area contributed by atoms with Gasteiger partial charge in [0.25, 0.3) is 0 Å². The lowest BCUT2D eigenvalue weighted by Crippen LogP contribution is -2.17. The Bertz CT molecular complexity index is 864. The van der Waals surface area contributed by atoms with E-state index in [-0.39, 0.29) is 0 Å². The first-order valence-corrected chi connectivity index (χ1v) is 8.96. The molecule has 1 atom stereocenters. The SMILES string of the molecule is CN(C)c1ncc(C(C(=O)O)c2cncs2)c(-c2ccc(Cl)s2)n1. The Balaban J connectivity index is 2.21. The molecule has 0 spiro atoms. The maximum Gasteiger partial charge on any atom is 0.316 e. The van der Waals surface area contributed by atoms with E-state index >= 15 is 0 Å². The van der Waals surface area contributed by atoms with Crippen molar-refractivity contribution in [3.8, 4) is 10.6 Å². The highest BCUT2D eigenvalue weighted by atomic mass is 35.5. The molecule has 0 radical (unpaired) electrons. The van der Waals surface area contributed by atoms with Crippen LogP contribution < -0.4 is 4.90 Å². The molecule has 0 aliphatic carbocycles. The molecule has 3 aromatic heterocycles. The average molecular weight is 381 g/mol. The molecule has 3 aromatic rings. The minimum absolute atomic E-state index is 0.506. The van der Waals surface area contributed by atoms with Gasteiger partial charge in [0.1, 0.15) is 5.92 Å². The molecule has 24 heavy (non-hydrogen) atoms. The molecule has 0 aliphatic heterocycles. The quantitative estimate of drug-likeness (QED) is 0.728. The van der Waals surface area contributed by atoms with Crippen molar-refractivity contribution >= 4 is 46.2 Å². The third kappa shape index (κ3) is 3.26. The summed E-state index contributed by atoms with van der Waals surface area (Å²) in [7, 11) is 3.66. The number of aromatic nitrogens is 3. The Hall–Kier alpha value is -2.03. The molecule has 0 saturated carbocycles. The highest BCUT2D eigenvalue weighted by Crippen LogP contribution is 2.38. The van der Waals surface area contributed by atoms with E-state index in [0.717, 1.165) is 4.88 Å². The van der Waals surface area contributed by atoms with Gasteiger partial charge in [-0.15, -0.1) is 22.7 Å². The number of carboxylic acid groups (broad SMARTS) is 1. The first kappa shape index (κ1) is 16.8. The van der Waals surface area contributed by atoms with E-state index in [1.54, 1.807) is 28.9 Å². The fraction of sp³-hybridized carbons (Fsp3) is 0.200. The molecule has 6 nitrogen and oxygen atoms in total. The van der Waals surface area contributed by atoms with Crippen LogP contribution in [0.15, 0.2) is 30.0 Å². The molecule has 9 heteroatoms. The zero-order valence-corrected chi connectivity index (χ0v) is 15.2. The molecule has 3 rings (SSSR count). The molecule has 1 unspecified atom stereocenters. The van der Waals surface area contributed by atoms with Crippen molar-refractivity contribution in [2.75, 3.05) is 19.0 Å². The van der Waals surface area contributed by atoms with E-state index in [0.29, 0.717) is 26.4 Å². The summed E-state index contributed by atoms with van der Waals surface area (Å²) in [4.78, 5) is 27.9. The summed E-state index contributed by atoms with van der Waals surface area (Å²) in [5.41, 5.74) is 2.71. The number of rotatable bonds is 5. The van der Waals surface area contributed by atoms with Gasteiger partial charge in [-0.1, -0.05) is 11.6 Å². The van der Waals surface area contributed by atoms with Gasteiger partial charge in [0, 0.05) is 36.9 Å². The van der Waals surface area contributed by atoms with Crippen molar-refractivity contribution in [1.29, 1.82) is 0 Å². The zero-order valence-electron chi connectivity index (χ0n) is 12.8. The van der Waals surface area contributed by atoms with E-state index < -0.39 is 11.9 Å². The van der Waals surface area contributed by atoms with Gasteiger partial charge >= 0.3 is 5.97 Å². The van der Waals surface area contributed by atoms with Gasteiger partial charge in [0.15, 0.2) is 0 Å². The van der Waals surface area contributed by atoms with Crippen LogP contribution in [0, 0.1) is 0 Å². The number of thiophene rings is 1. The van der Waals surface area contributed by atoms with Crippen LogP contribution in [-0.4, -0.2) is 40.1 Å². The molecule has 0 bridgehead atoms. The maximum absolute atomic E-state index is 11.9. The summed E-state index contributed by atoms with van der Waals surface area (Å²) in [6, 6.07) is 3.61. The van der Waals surface area contributed by atoms with Crippen LogP contribution in [0.3, 0.4) is 0 Å². The molecule has 0 fully saturated rings. The molecule has 0 aliphatic rings. The number of anilines is 1. The second-order valence-corrected chi connectivity index (χ2v) is 7.78. The summed E-state index contributed by atoms with van der Waals surface area (Å²) < 4.78 is 0.616. The first-order chi connectivity index (χ1) is 11.5. The van der Waals surface area contributed by atoms with Gasteiger partial charge in [-0.2, -0.15) is 0 Å². The number of aliphatic carboxylic acids is 1. The lowest BCUT2D eigenvalue weighted by atomic mass is 9.97. The second kappa shape index (κ2) is 6.84. The van der Waals surface area contributed by atoms with E-state index in [4.69, 9.17) is 11.6 Å². The van der Waals surface area contributed by atoms with Crippen LogP contribution in [0.2, 0.25) is 4.34 Å². The van der Waals surface area contributed by atoms with Gasteiger partial charge in [-0.25, -0.2) is 9.97 Å². The predicted molar refractivity (Wildman–Crippen MR) is 96.3 cm³/mol. The first-order valence-electron chi connectivity index (χ1n) is 6.88. The van der Waals surface area contributed by atoms with Gasteiger partial charge in [-0.3, -0.25) is 9.78 Å². The van der Waals surface area contributed by atoms with Gasteiger partial charge < -0.3 is 10.0 Å². The minimum atomic E-state index is -0.968. The van der Waals surface area contributed by atoms with Crippen LogP contribution in [0.4, 0.5) is 5.95 Å². The Morgan fingerprint density at radius 2 is 2.12 bits per heavy atom. The van der Waals surface area contributed by atoms with Crippen molar-refractivity contribution in [3.05, 3.63) is 44.8 Å². The van der Waals surface area contributed by atoms with Crippen molar-refractivity contribution in [1.82, 2.24) is 15.0 Å². The molecular weight excluding hydrogens is 368 g/mol. The third-order valence-corrected chi connectivity index (χ3v) is 5.38. The summed E-state index contributed by atoms with van der Waals surface area (Å²) in [6.07, 6.45) is 3.14. The van der Waals surface area contributed by atoms with E-state index in [1.807, 2.05) is 20.2 Å². The Morgan fingerprint density at radius 1 is 1.33 bits per heavy atom. The molecule has 124 valence electrons. The van der Waals surface area contributed by atoms with Crippen molar-refractivity contribution in [3.63, 3.8) is 0 Å². The van der Waals surface area contributed by atoms with Crippen LogP contribution in [0.1, 0.15) is 16.4 Å². The fourth-order valence-corrected chi connectivity index (χ4v) is 4.01. The van der Waals surface area contributed by atoms with Crippen molar-refractivity contribution < 1.29 is 9.90 Å². The Kier molecular flexibility index (Phi) is 4.79. The second-order valence-electron chi connectivity index (χ2n) is 5.15. The van der Waals surface area contributed by atoms with Crippen LogP contribution in [-0.2, 0) is 4.79 Å². The highest BCUT2D eigenvalue weighted by Gasteiger charge is 2.29. The summed E-state index contributed by atoms with van der Waals surface area (Å²) in [6.45, 7) is 0. The fourth-order valence-electron chi connectivity index (χ4n) is 2.22. The number of hydrogen-bond donors (Lipinski definition) is 1. The standard InChI is InChI=1S/C15H13ClN4O2S2/c1-20(2)15-18-5-8(12(14(21)22)10-6-17-7-23-10)13(19-15)9-3-4-11(16)24-9/h3-7,12H,1-2H3,(H,21,22). The van der Waals surface area contributed by atoms with Crippen molar-refractivity contribution in [2.24, 2.45) is 0 Å². The molecule has 1 N–H and O–H groups in total. The van der Waals surface area contributed by atoms with E-state index in [2.05, 4.69) is 15.0 Å². The lowest BCUT2D eigenvalue weighted by Gasteiger charge is -2.17. The number of thiazole rings is 1. The third-order valence-electron chi connectivity index (χ3n) is 3.30. The maximum atomic E-state index is 11.9. The van der Waals surface area contributed by atoms with Crippen LogP contribution in [0.5, 0.6) is 0 Å². The topological polar surface area (TPSA) is 79.2 Å². The molecule has 0 aromatic carbocycles. The number of nitrogens with zero attached hydrogens (tertiary/aromatic N) is 4. The predicted octanol–water partition coefficient (Wildman–Crippen LogP) is 3.60. The van der Waals surface area contributed by atoms with Gasteiger partial charge in [0.05, 0.1) is 20.4 Å². The lowest BCUT2D eigenvalue weighted by molar-refractivity contribution is -0.137. The number of hydrogen-bond acceptors (Lipinski definition) is 7. The minimum Gasteiger partial charge on any atom is -0.481 e. The Morgan fingerprint density at radius 3 is 2.67 bits per heavy atom. The Labute approximate surface area is 151 Å². The van der Waals surface area contributed by atoms with Crippen LogP contribution >= 0.6 is 34.3 Å². The normalized spacial score (nSPS) is 12.1. The number of halogens is 1. The van der Waals surface area contributed by atoms with Crippen LogP contribution in [0.25, 0.3) is 10.6 Å². The zero-order chi connectivity index (χ0) is 17.3. The number of carbonyl (C=O) groups is 1. The van der Waals surface area contributed by atoms with Crippen molar-refractivity contribution in [2.45, 2.75) is 5.92 Å². The summed E-state index contributed by atoms with van der Waals surface area (Å²) >= 11 is 8.69. The largest absolute Gasteiger partial charge is 0.481 e. The average Bonchev–Trinajstić information content (AvgIpc) is 3.19. The van der Waals surface area contributed by atoms with E-state index in [9.17, 15) is 9.90 Å². The molecule has 0 saturated heterocycles. The molecule has 0 amide bonds. The van der Waals surface area contributed by atoms with Gasteiger partial charge in [-0.05, 0) is 12.1 Å². The van der Waals surface area contributed by atoms with E-state index in [1.165, 1.54) is 22.7 Å². The summed E-state index contributed by atoms with van der Waals surface area (Å²) in [5.74, 6) is -1.33. The summed E-state index contributed by atoms with van der Waals surface area (Å²) in [5, 5.41) is 9.74. The number of carboxylic acids is 1. The highest BCUT2D eigenvalue weighted by molar-refractivity contribution is 7.19.